The van der Waals surface area contributed by atoms with Gasteiger partial charge in [-0.05, 0) is 60.2 Å². The third kappa shape index (κ3) is 4.65. The highest BCUT2D eigenvalue weighted by molar-refractivity contribution is 6.31. The molecular weight excluding hydrogens is 477 g/mol. The van der Waals surface area contributed by atoms with Gasteiger partial charge in [0.25, 0.3) is 5.91 Å². The summed E-state index contributed by atoms with van der Waals surface area (Å²) in [7, 11) is 0. The fourth-order valence-corrected chi connectivity index (χ4v) is 4.08. The van der Waals surface area contributed by atoms with Crippen LogP contribution in [0.4, 0.5) is 13.2 Å². The van der Waals surface area contributed by atoms with E-state index in [-0.39, 0.29) is 11.3 Å². The number of pyridine rings is 3. The summed E-state index contributed by atoms with van der Waals surface area (Å²) >= 11 is 6.10. The van der Waals surface area contributed by atoms with Gasteiger partial charge in [-0.1, -0.05) is 23.7 Å². The molecule has 0 radical (unpaired) electrons. The van der Waals surface area contributed by atoms with E-state index in [1.165, 1.54) is 18.5 Å². The summed E-state index contributed by atoms with van der Waals surface area (Å²) in [5.41, 5.74) is 0.499. The van der Waals surface area contributed by atoms with Crippen molar-refractivity contribution in [1.82, 2.24) is 20.3 Å². The normalized spacial score (nSPS) is 12.6. The molecule has 0 saturated heterocycles. The lowest BCUT2D eigenvalue weighted by Crippen LogP contribution is -2.31. The molecule has 9 heteroatoms. The Kier molecular flexibility index (Phi) is 5.82. The van der Waals surface area contributed by atoms with Crippen LogP contribution in [0.3, 0.4) is 0 Å². The molecule has 0 aliphatic heterocycles. The number of alkyl halides is 3. The first kappa shape index (κ1) is 22.7. The van der Waals surface area contributed by atoms with Crippen molar-refractivity contribution >= 4 is 39.3 Å². The van der Waals surface area contributed by atoms with Gasteiger partial charge in [0.15, 0.2) is 0 Å². The largest absolute Gasteiger partial charge is 0.418 e. The number of fused-ring (bicyclic) bond motifs is 2. The Morgan fingerprint density at radius 1 is 0.857 bits per heavy atom. The highest BCUT2D eigenvalue weighted by Gasteiger charge is 2.37. The summed E-state index contributed by atoms with van der Waals surface area (Å²) in [5, 5.41) is 4.63. The van der Waals surface area contributed by atoms with Crippen LogP contribution in [-0.2, 0) is 6.18 Å². The zero-order valence-electron chi connectivity index (χ0n) is 17.9. The maximum Gasteiger partial charge on any atom is 0.418 e. The van der Waals surface area contributed by atoms with Gasteiger partial charge in [0.1, 0.15) is 0 Å². The summed E-state index contributed by atoms with van der Waals surface area (Å²) < 4.78 is 41.6. The number of nitrogens with zero attached hydrogens (tertiary/aromatic N) is 3. The Morgan fingerprint density at radius 2 is 1.66 bits per heavy atom. The molecule has 0 aliphatic rings. The van der Waals surface area contributed by atoms with Crippen molar-refractivity contribution < 1.29 is 18.0 Å². The molecule has 174 valence electrons. The number of carbonyl (C=O) groups is 1. The standard InChI is InChI=1S/C26H16ClF3N4O/c27-19-7-8-21-17(12-19)11-18(14-33-21)23(24-20(26(28,29)30)4-2-10-32-24)34-25(35)16-6-5-15-3-1-9-31-22(15)13-16/h1-14,23H,(H,34,35)/t23-/m0/s1. The first-order valence-electron chi connectivity index (χ1n) is 10.5. The quantitative estimate of drug-likeness (QED) is 0.316. The second-order valence-corrected chi connectivity index (χ2v) is 8.29. The molecule has 0 saturated carbocycles. The Bertz CT molecular complexity index is 1570. The lowest BCUT2D eigenvalue weighted by molar-refractivity contribution is -0.138. The Labute approximate surface area is 202 Å². The lowest BCUT2D eigenvalue weighted by atomic mass is 9.98. The number of benzene rings is 2. The number of nitrogens with one attached hydrogen (secondary N) is 1. The third-order valence-corrected chi connectivity index (χ3v) is 5.79. The van der Waals surface area contributed by atoms with Crippen molar-refractivity contribution in [1.29, 1.82) is 0 Å². The van der Waals surface area contributed by atoms with E-state index in [0.29, 0.717) is 27.0 Å². The minimum atomic E-state index is -4.67. The molecule has 5 rings (SSSR count). The van der Waals surface area contributed by atoms with Crippen LogP contribution in [0.15, 0.2) is 85.3 Å². The molecule has 1 atom stereocenters. The molecule has 0 fully saturated rings. The number of halogens is 4. The molecule has 0 unspecified atom stereocenters. The maximum absolute atomic E-state index is 13.9. The highest BCUT2D eigenvalue weighted by atomic mass is 35.5. The highest BCUT2D eigenvalue weighted by Crippen LogP contribution is 2.36. The number of aromatic nitrogens is 3. The lowest BCUT2D eigenvalue weighted by Gasteiger charge is -2.22. The van der Waals surface area contributed by atoms with Crippen molar-refractivity contribution in [2.45, 2.75) is 12.2 Å². The maximum atomic E-state index is 13.9. The molecular formula is C26H16ClF3N4O. The molecule has 0 bridgehead atoms. The van der Waals surface area contributed by atoms with Gasteiger partial charge in [-0.25, -0.2) is 0 Å². The topological polar surface area (TPSA) is 67.8 Å². The van der Waals surface area contributed by atoms with E-state index in [4.69, 9.17) is 11.6 Å². The van der Waals surface area contributed by atoms with Gasteiger partial charge in [-0.15, -0.1) is 0 Å². The molecule has 0 aliphatic carbocycles. The van der Waals surface area contributed by atoms with E-state index in [0.717, 1.165) is 11.5 Å². The molecule has 3 heterocycles. The first-order valence-corrected chi connectivity index (χ1v) is 10.9. The van der Waals surface area contributed by atoms with E-state index in [9.17, 15) is 18.0 Å². The van der Waals surface area contributed by atoms with Crippen molar-refractivity contribution in [2.24, 2.45) is 0 Å². The fraction of sp³-hybridized carbons (Fsp3) is 0.0769. The smallest absolute Gasteiger partial charge is 0.339 e. The monoisotopic (exact) mass is 492 g/mol. The summed E-state index contributed by atoms with van der Waals surface area (Å²) in [6.45, 7) is 0. The molecule has 3 aromatic heterocycles. The molecule has 35 heavy (non-hydrogen) atoms. The van der Waals surface area contributed by atoms with E-state index in [2.05, 4.69) is 20.3 Å². The molecule has 5 nitrogen and oxygen atoms in total. The number of rotatable bonds is 4. The van der Waals surface area contributed by atoms with E-state index >= 15 is 0 Å². The van der Waals surface area contributed by atoms with Gasteiger partial charge < -0.3 is 5.32 Å². The average molecular weight is 493 g/mol. The molecule has 1 amide bonds. The van der Waals surface area contributed by atoms with E-state index < -0.39 is 23.7 Å². The molecule has 1 N–H and O–H groups in total. The van der Waals surface area contributed by atoms with Crippen LogP contribution in [0.2, 0.25) is 5.02 Å². The van der Waals surface area contributed by atoms with Crippen LogP contribution < -0.4 is 5.32 Å². The number of carbonyl (C=O) groups excluding carboxylic acids is 1. The van der Waals surface area contributed by atoms with Crippen LogP contribution in [0.5, 0.6) is 0 Å². The summed E-state index contributed by atoms with van der Waals surface area (Å²) in [6.07, 6.45) is -0.387. The Morgan fingerprint density at radius 3 is 2.49 bits per heavy atom. The second-order valence-electron chi connectivity index (χ2n) is 7.86. The van der Waals surface area contributed by atoms with Crippen LogP contribution >= 0.6 is 11.6 Å². The molecule has 5 aromatic rings. The first-order chi connectivity index (χ1) is 16.8. The Balaban J connectivity index is 1.62. The van der Waals surface area contributed by atoms with E-state index in [1.54, 1.807) is 54.7 Å². The van der Waals surface area contributed by atoms with Crippen molar-refractivity contribution in [3.63, 3.8) is 0 Å². The van der Waals surface area contributed by atoms with Gasteiger partial charge >= 0.3 is 6.18 Å². The average Bonchev–Trinajstić information content (AvgIpc) is 2.86. The molecule has 0 spiro atoms. The van der Waals surface area contributed by atoms with Gasteiger partial charge in [-0.2, -0.15) is 13.2 Å². The van der Waals surface area contributed by atoms with Crippen molar-refractivity contribution in [2.75, 3.05) is 0 Å². The van der Waals surface area contributed by atoms with Crippen molar-refractivity contribution in [3.8, 4) is 0 Å². The van der Waals surface area contributed by atoms with Gasteiger partial charge in [0.2, 0.25) is 0 Å². The number of hydrogen-bond donors (Lipinski definition) is 1. The SMILES string of the molecule is O=C(N[C@@H](c1cnc2ccc(Cl)cc2c1)c1ncccc1C(F)(F)F)c1ccc2cccnc2c1. The van der Waals surface area contributed by atoms with E-state index in [1.807, 2.05) is 6.07 Å². The van der Waals surface area contributed by atoms with Crippen molar-refractivity contribution in [3.05, 3.63) is 113 Å². The zero-order valence-corrected chi connectivity index (χ0v) is 18.7. The van der Waals surface area contributed by atoms with Crippen LogP contribution in [-0.4, -0.2) is 20.9 Å². The third-order valence-electron chi connectivity index (χ3n) is 5.56. The minimum absolute atomic E-state index is 0.252. The van der Waals surface area contributed by atoms with Gasteiger partial charge in [0, 0.05) is 39.9 Å². The van der Waals surface area contributed by atoms with Gasteiger partial charge in [0.05, 0.1) is 28.3 Å². The summed E-state index contributed by atoms with van der Waals surface area (Å²) in [4.78, 5) is 25.8. The summed E-state index contributed by atoms with van der Waals surface area (Å²) in [6, 6.07) is 16.1. The van der Waals surface area contributed by atoms with Gasteiger partial charge in [-0.3, -0.25) is 19.7 Å². The zero-order chi connectivity index (χ0) is 24.6. The van der Waals surface area contributed by atoms with Crippen LogP contribution in [0.25, 0.3) is 21.8 Å². The summed E-state index contributed by atoms with van der Waals surface area (Å²) in [5.74, 6) is -0.576. The second kappa shape index (κ2) is 8.96. The number of amides is 1. The van der Waals surface area contributed by atoms with Crippen LogP contribution in [0.1, 0.15) is 33.2 Å². The Hall–Kier alpha value is -4.04. The van der Waals surface area contributed by atoms with Crippen LogP contribution in [0, 0.1) is 0 Å². The predicted octanol–water partition coefficient (Wildman–Crippen LogP) is 6.37. The minimum Gasteiger partial charge on any atom is -0.339 e. The fourth-order valence-electron chi connectivity index (χ4n) is 3.90. The molecule has 2 aromatic carbocycles. The number of hydrogen-bond acceptors (Lipinski definition) is 4. The predicted molar refractivity (Wildman–Crippen MR) is 127 cm³/mol.